The molecular formula is C19H19ClN4O5. The molecule has 1 atom stereocenters. The lowest BCUT2D eigenvalue weighted by atomic mass is 10.2. The maximum Gasteiger partial charge on any atom is 0.410 e. The molecule has 1 saturated heterocycles. The third-order valence-corrected chi connectivity index (χ3v) is 4.62. The maximum absolute atomic E-state index is 11.7. The van der Waals surface area contributed by atoms with Crippen LogP contribution in [0.5, 0.6) is 5.88 Å². The number of aromatic nitrogens is 2. The summed E-state index contributed by atoms with van der Waals surface area (Å²) in [6, 6.07) is 7.23. The Kier molecular flexibility index (Phi) is 5.68. The zero-order valence-corrected chi connectivity index (χ0v) is 16.1. The van der Waals surface area contributed by atoms with Crippen molar-refractivity contribution in [2.45, 2.75) is 12.6 Å². The Balaban J connectivity index is 1.50. The molecule has 0 saturated carbocycles. The Hall–Kier alpha value is -3.04. The molecule has 1 aliphatic heterocycles. The zero-order valence-electron chi connectivity index (χ0n) is 15.4. The van der Waals surface area contributed by atoms with E-state index < -0.39 is 12.2 Å². The number of cyclic esters (lactones) is 1. The molecule has 29 heavy (non-hydrogen) atoms. The quantitative estimate of drug-likeness (QED) is 0.537. The van der Waals surface area contributed by atoms with Gasteiger partial charge >= 0.3 is 6.09 Å². The van der Waals surface area contributed by atoms with Crippen molar-refractivity contribution in [1.29, 1.82) is 0 Å². The smallest absolute Gasteiger partial charge is 0.410 e. The van der Waals surface area contributed by atoms with Gasteiger partial charge in [-0.2, -0.15) is 0 Å². The van der Waals surface area contributed by atoms with Gasteiger partial charge in [0.15, 0.2) is 6.10 Å². The molecule has 0 aromatic carbocycles. The number of amides is 1. The molecule has 152 valence electrons. The second-order valence-corrected chi connectivity index (χ2v) is 6.81. The summed E-state index contributed by atoms with van der Waals surface area (Å²) in [6.45, 7) is 1.05. The van der Waals surface area contributed by atoms with Crippen LogP contribution < -0.4 is 10.1 Å². The van der Waals surface area contributed by atoms with E-state index in [0.717, 1.165) is 16.8 Å². The number of ether oxygens (including phenoxy) is 2. The molecule has 1 fully saturated rings. The maximum atomic E-state index is 11.7. The molecule has 1 amide bonds. The number of pyridine rings is 2. The number of fused-ring (bicyclic) bond motifs is 1. The van der Waals surface area contributed by atoms with E-state index in [9.17, 15) is 4.79 Å². The molecule has 0 spiro atoms. The molecule has 2 N–H and O–H groups in total. The number of carbonyl (C=O) groups is 1. The van der Waals surface area contributed by atoms with Crippen LogP contribution in [0.2, 0.25) is 5.15 Å². The first-order valence-corrected chi connectivity index (χ1v) is 9.42. The summed E-state index contributed by atoms with van der Waals surface area (Å²) >= 11 is 6.20. The van der Waals surface area contributed by atoms with Crippen molar-refractivity contribution in [3.05, 3.63) is 47.6 Å². The summed E-state index contributed by atoms with van der Waals surface area (Å²) in [7, 11) is 0. The second-order valence-electron chi connectivity index (χ2n) is 6.42. The fraction of sp³-hybridized carbons (Fsp3) is 0.316. The third-order valence-electron chi connectivity index (χ3n) is 4.42. The molecule has 1 unspecified atom stereocenters. The van der Waals surface area contributed by atoms with E-state index in [-0.39, 0.29) is 19.8 Å². The molecule has 3 aromatic rings. The predicted molar refractivity (Wildman–Crippen MR) is 105 cm³/mol. The molecule has 0 aliphatic carbocycles. The SMILES string of the molecule is O=C1OC(COc2nccc3c(NCc4ccco4)cc(Cl)nc23)CN1CCO. The lowest BCUT2D eigenvalue weighted by molar-refractivity contribution is 0.101. The van der Waals surface area contributed by atoms with E-state index >= 15 is 0 Å². The monoisotopic (exact) mass is 418 g/mol. The number of furan rings is 1. The number of hydrogen-bond donors (Lipinski definition) is 2. The minimum Gasteiger partial charge on any atom is -0.472 e. The Morgan fingerprint density at radius 2 is 2.31 bits per heavy atom. The number of aliphatic hydroxyl groups is 1. The third kappa shape index (κ3) is 4.36. The van der Waals surface area contributed by atoms with E-state index in [1.54, 1.807) is 18.5 Å². The Labute approximate surface area is 171 Å². The highest BCUT2D eigenvalue weighted by Gasteiger charge is 2.31. The standard InChI is InChI=1S/C19H19ClN4O5/c20-16-8-15(22-9-12-2-1-7-27-12)14-3-4-21-18(17(14)23-16)28-11-13-10-24(5-6-25)19(26)29-13/h1-4,7-8,13,25H,5-6,9-11H2,(H,22,23). The van der Waals surface area contributed by atoms with Gasteiger partial charge in [-0.15, -0.1) is 0 Å². The van der Waals surface area contributed by atoms with Gasteiger partial charge in [-0.3, -0.25) is 0 Å². The molecule has 9 nitrogen and oxygen atoms in total. The van der Waals surface area contributed by atoms with Gasteiger partial charge in [-0.25, -0.2) is 14.8 Å². The summed E-state index contributed by atoms with van der Waals surface area (Å²) in [5, 5.41) is 13.3. The van der Waals surface area contributed by atoms with Crippen LogP contribution in [0.25, 0.3) is 10.9 Å². The van der Waals surface area contributed by atoms with Gasteiger partial charge in [0.2, 0.25) is 5.88 Å². The molecule has 10 heteroatoms. The first kappa shape index (κ1) is 19.3. The van der Waals surface area contributed by atoms with Crippen molar-refractivity contribution in [3.63, 3.8) is 0 Å². The number of aliphatic hydroxyl groups excluding tert-OH is 1. The predicted octanol–water partition coefficient (Wildman–Crippen LogP) is 2.68. The van der Waals surface area contributed by atoms with Gasteiger partial charge in [-0.1, -0.05) is 11.6 Å². The number of anilines is 1. The fourth-order valence-corrected chi connectivity index (χ4v) is 3.27. The Bertz CT molecular complexity index is 998. The number of hydrogen-bond acceptors (Lipinski definition) is 8. The van der Waals surface area contributed by atoms with Crippen LogP contribution in [-0.2, 0) is 11.3 Å². The topological polar surface area (TPSA) is 110 Å². The van der Waals surface area contributed by atoms with Crippen LogP contribution in [-0.4, -0.2) is 58.5 Å². The van der Waals surface area contributed by atoms with E-state index in [1.165, 1.54) is 4.90 Å². The second kappa shape index (κ2) is 8.54. The van der Waals surface area contributed by atoms with Crippen LogP contribution in [0.15, 0.2) is 41.1 Å². The lowest BCUT2D eigenvalue weighted by Gasteiger charge is -2.14. The van der Waals surface area contributed by atoms with Crippen molar-refractivity contribution >= 4 is 34.3 Å². The number of halogens is 1. The van der Waals surface area contributed by atoms with E-state index in [2.05, 4.69) is 15.3 Å². The first-order chi connectivity index (χ1) is 14.1. The van der Waals surface area contributed by atoms with Crippen molar-refractivity contribution in [2.75, 3.05) is 31.6 Å². The van der Waals surface area contributed by atoms with Gasteiger partial charge in [0, 0.05) is 23.8 Å². The summed E-state index contributed by atoms with van der Waals surface area (Å²) in [5.74, 6) is 1.08. The Morgan fingerprint density at radius 1 is 1.41 bits per heavy atom. The minimum atomic E-state index is -0.468. The van der Waals surface area contributed by atoms with Gasteiger partial charge in [0.05, 0.1) is 26.0 Å². The summed E-state index contributed by atoms with van der Waals surface area (Å²) in [6.07, 6.45) is 2.30. The molecule has 0 bridgehead atoms. The number of carbonyl (C=O) groups excluding carboxylic acids is 1. The molecule has 3 aromatic heterocycles. The largest absolute Gasteiger partial charge is 0.472 e. The molecule has 4 rings (SSSR count). The summed E-state index contributed by atoms with van der Waals surface area (Å²) < 4.78 is 16.4. The number of β-amino-alcohol motifs (C(OH)–C–C–N with tert-alkyl or cyclic N) is 1. The fourth-order valence-electron chi connectivity index (χ4n) is 3.08. The summed E-state index contributed by atoms with van der Waals surface area (Å²) in [4.78, 5) is 21.8. The molecule has 1 aliphatic rings. The van der Waals surface area contributed by atoms with E-state index in [1.807, 2.05) is 18.2 Å². The van der Waals surface area contributed by atoms with Crippen LogP contribution >= 0.6 is 11.6 Å². The number of nitrogens with zero attached hydrogens (tertiary/aromatic N) is 3. The van der Waals surface area contributed by atoms with Gasteiger partial charge < -0.3 is 29.2 Å². The zero-order chi connectivity index (χ0) is 20.2. The molecule has 0 radical (unpaired) electrons. The average molecular weight is 419 g/mol. The van der Waals surface area contributed by atoms with Crippen LogP contribution in [0.1, 0.15) is 5.76 Å². The van der Waals surface area contributed by atoms with E-state index in [4.69, 9.17) is 30.6 Å². The van der Waals surface area contributed by atoms with Crippen molar-refractivity contribution in [3.8, 4) is 5.88 Å². The lowest BCUT2D eigenvalue weighted by Crippen LogP contribution is -2.29. The van der Waals surface area contributed by atoms with Crippen LogP contribution in [0.3, 0.4) is 0 Å². The number of nitrogens with one attached hydrogen (secondary N) is 1. The van der Waals surface area contributed by atoms with Crippen molar-refractivity contribution in [2.24, 2.45) is 0 Å². The van der Waals surface area contributed by atoms with Gasteiger partial charge in [0.25, 0.3) is 0 Å². The van der Waals surface area contributed by atoms with Gasteiger partial charge in [-0.05, 0) is 24.3 Å². The Morgan fingerprint density at radius 3 is 3.10 bits per heavy atom. The van der Waals surface area contributed by atoms with Gasteiger partial charge in [0.1, 0.15) is 23.0 Å². The number of rotatable bonds is 8. The van der Waals surface area contributed by atoms with Crippen molar-refractivity contribution < 1.29 is 23.8 Å². The van der Waals surface area contributed by atoms with Crippen LogP contribution in [0, 0.1) is 0 Å². The normalized spacial score (nSPS) is 16.3. The highest BCUT2D eigenvalue weighted by Crippen LogP contribution is 2.30. The van der Waals surface area contributed by atoms with E-state index in [0.29, 0.717) is 29.6 Å². The highest BCUT2D eigenvalue weighted by atomic mass is 35.5. The minimum absolute atomic E-state index is 0.114. The highest BCUT2D eigenvalue weighted by molar-refractivity contribution is 6.30. The molecular weight excluding hydrogens is 400 g/mol. The first-order valence-electron chi connectivity index (χ1n) is 9.05. The molecule has 4 heterocycles. The summed E-state index contributed by atoms with van der Waals surface area (Å²) in [5.41, 5.74) is 1.27. The van der Waals surface area contributed by atoms with Crippen molar-refractivity contribution in [1.82, 2.24) is 14.9 Å². The average Bonchev–Trinajstić information content (AvgIpc) is 3.35. The van der Waals surface area contributed by atoms with Crippen LogP contribution in [0.4, 0.5) is 10.5 Å².